The highest BCUT2D eigenvalue weighted by Crippen LogP contribution is 2.24. The van der Waals surface area contributed by atoms with Crippen molar-refractivity contribution in [3.63, 3.8) is 0 Å². The predicted molar refractivity (Wildman–Crippen MR) is 104 cm³/mol. The van der Waals surface area contributed by atoms with Crippen molar-refractivity contribution in [3.8, 4) is 11.4 Å². The van der Waals surface area contributed by atoms with Crippen molar-refractivity contribution in [2.24, 2.45) is 0 Å². The molecule has 1 aliphatic rings. The monoisotopic (exact) mass is 377 g/mol. The molecular formula is C20H20BN3O4. The number of fused-ring (bicyclic) bond motifs is 1. The number of nitrogens with zero attached hydrogens (tertiary/aromatic N) is 3. The number of rotatable bonds is 5. The van der Waals surface area contributed by atoms with E-state index in [4.69, 9.17) is 9.39 Å². The molecule has 0 bridgehead atoms. The zero-order valence-electron chi connectivity index (χ0n) is 15.9. The lowest BCUT2D eigenvalue weighted by Crippen LogP contribution is -2.28. The van der Waals surface area contributed by atoms with Crippen LogP contribution in [0.25, 0.3) is 5.69 Å². The van der Waals surface area contributed by atoms with Gasteiger partial charge in [-0.1, -0.05) is 23.4 Å². The largest absolute Gasteiger partial charge is 0.497 e. The van der Waals surface area contributed by atoms with E-state index in [2.05, 4.69) is 10.3 Å². The number of carbonyl (C=O) groups excluding carboxylic acids is 1. The average Bonchev–Trinajstić information content (AvgIpc) is 3.21. The molecular weight excluding hydrogens is 357 g/mol. The fourth-order valence-corrected chi connectivity index (χ4v) is 3.48. The maximum atomic E-state index is 12.8. The van der Waals surface area contributed by atoms with Gasteiger partial charge in [0.1, 0.15) is 5.75 Å². The molecule has 3 aromatic rings. The van der Waals surface area contributed by atoms with Crippen molar-refractivity contribution in [2.45, 2.75) is 26.4 Å². The summed E-state index contributed by atoms with van der Waals surface area (Å²) in [5.41, 5.74) is 4.28. The lowest BCUT2D eigenvalue weighted by atomic mass is 9.78. The van der Waals surface area contributed by atoms with E-state index in [1.807, 2.05) is 56.3 Å². The summed E-state index contributed by atoms with van der Waals surface area (Å²) in [4.78, 5) is 12.8. The van der Waals surface area contributed by atoms with Gasteiger partial charge in [-0.3, -0.25) is 4.79 Å². The summed E-state index contributed by atoms with van der Waals surface area (Å²) in [6.45, 7) is 3.71. The number of hydrogen-bond donors (Lipinski definition) is 1. The van der Waals surface area contributed by atoms with Crippen molar-refractivity contribution in [1.82, 2.24) is 15.0 Å². The molecule has 1 unspecified atom stereocenters. The summed E-state index contributed by atoms with van der Waals surface area (Å²) < 4.78 is 12.2. The van der Waals surface area contributed by atoms with Crippen molar-refractivity contribution in [3.05, 3.63) is 65.0 Å². The van der Waals surface area contributed by atoms with Crippen LogP contribution >= 0.6 is 0 Å². The molecule has 1 N–H and O–H groups in total. The maximum Gasteiger partial charge on any atom is 0.491 e. The molecule has 0 radical (unpaired) electrons. The van der Waals surface area contributed by atoms with Gasteiger partial charge in [0, 0.05) is 6.42 Å². The van der Waals surface area contributed by atoms with Crippen LogP contribution in [0.4, 0.5) is 0 Å². The fourth-order valence-electron chi connectivity index (χ4n) is 3.48. The third-order valence-electron chi connectivity index (χ3n) is 5.03. The molecule has 2 heterocycles. The predicted octanol–water partition coefficient (Wildman–Crippen LogP) is 1.79. The second kappa shape index (κ2) is 7.22. The van der Waals surface area contributed by atoms with Gasteiger partial charge in [0.05, 0.1) is 24.6 Å². The zero-order chi connectivity index (χ0) is 19.8. The third kappa shape index (κ3) is 3.21. The Balaban J connectivity index is 1.56. The Morgan fingerprint density at radius 2 is 2.04 bits per heavy atom. The van der Waals surface area contributed by atoms with Crippen LogP contribution in [0.5, 0.6) is 5.75 Å². The van der Waals surface area contributed by atoms with Crippen LogP contribution in [0.2, 0.25) is 0 Å². The molecule has 0 saturated carbocycles. The van der Waals surface area contributed by atoms with Crippen LogP contribution in [0.3, 0.4) is 0 Å². The average molecular weight is 377 g/mol. The lowest BCUT2D eigenvalue weighted by molar-refractivity contribution is 0.0987. The molecule has 28 heavy (non-hydrogen) atoms. The minimum atomic E-state index is -0.947. The van der Waals surface area contributed by atoms with Crippen molar-refractivity contribution in [1.29, 1.82) is 0 Å². The van der Waals surface area contributed by atoms with E-state index in [1.54, 1.807) is 11.8 Å². The molecule has 8 heteroatoms. The molecule has 0 saturated heterocycles. The van der Waals surface area contributed by atoms with E-state index in [0.717, 1.165) is 28.0 Å². The highest BCUT2D eigenvalue weighted by Gasteiger charge is 2.32. The van der Waals surface area contributed by atoms with Crippen LogP contribution in [-0.4, -0.2) is 40.0 Å². The van der Waals surface area contributed by atoms with Crippen molar-refractivity contribution >= 4 is 18.4 Å². The van der Waals surface area contributed by atoms with Crippen molar-refractivity contribution in [2.75, 3.05) is 7.11 Å². The molecule has 0 aliphatic carbocycles. The topological polar surface area (TPSA) is 86.5 Å². The minimum Gasteiger partial charge on any atom is -0.497 e. The van der Waals surface area contributed by atoms with Gasteiger partial charge in [-0.25, -0.2) is 4.68 Å². The number of ketones is 1. The number of aromatic nitrogens is 3. The molecule has 142 valence electrons. The minimum absolute atomic E-state index is 0.126. The van der Waals surface area contributed by atoms with Crippen LogP contribution in [0.15, 0.2) is 42.5 Å². The Kier molecular flexibility index (Phi) is 4.74. The number of ether oxygens (including phenoxy) is 1. The molecule has 4 rings (SSSR count). The summed E-state index contributed by atoms with van der Waals surface area (Å²) >= 11 is 0. The van der Waals surface area contributed by atoms with E-state index in [0.29, 0.717) is 11.4 Å². The zero-order valence-corrected chi connectivity index (χ0v) is 15.9. The summed E-state index contributed by atoms with van der Waals surface area (Å²) in [7, 11) is 0.662. The first-order chi connectivity index (χ1) is 13.5. The number of Topliss-reactive ketones (excluding diaryl/α,β-unsaturated/α-hetero) is 1. The molecule has 0 amide bonds. The maximum absolute atomic E-state index is 12.8. The van der Waals surface area contributed by atoms with E-state index in [1.165, 1.54) is 0 Å². The standard InChI is InChI=1S/C20H20BN3O4/c1-12-20(22-23-24(12)15-5-7-16(27-3)8-6-15)19(25)11-14-4-9-17-13(2)28-21(26)18(17)10-14/h4-10,13,26H,11H2,1-3H3. The second-order valence-electron chi connectivity index (χ2n) is 6.83. The Labute approximate surface area is 163 Å². The number of carbonyl (C=O) groups is 1. The first-order valence-corrected chi connectivity index (χ1v) is 9.04. The van der Waals surface area contributed by atoms with Crippen LogP contribution in [0, 0.1) is 6.92 Å². The number of hydrogen-bond acceptors (Lipinski definition) is 6. The van der Waals surface area contributed by atoms with Crippen LogP contribution < -0.4 is 10.2 Å². The molecule has 1 aliphatic heterocycles. The second-order valence-corrected chi connectivity index (χ2v) is 6.83. The van der Waals surface area contributed by atoms with Crippen molar-refractivity contribution < 1.29 is 19.2 Å². The molecule has 1 aromatic heterocycles. The van der Waals surface area contributed by atoms with Gasteiger partial charge in [-0.15, -0.1) is 5.10 Å². The normalized spacial score (nSPS) is 15.6. The van der Waals surface area contributed by atoms with Gasteiger partial charge < -0.3 is 14.4 Å². The first-order valence-electron chi connectivity index (χ1n) is 9.04. The Morgan fingerprint density at radius 3 is 2.75 bits per heavy atom. The highest BCUT2D eigenvalue weighted by molar-refractivity contribution is 6.61. The van der Waals surface area contributed by atoms with E-state index < -0.39 is 7.12 Å². The van der Waals surface area contributed by atoms with Gasteiger partial charge in [-0.2, -0.15) is 0 Å². The van der Waals surface area contributed by atoms with E-state index in [9.17, 15) is 9.82 Å². The summed E-state index contributed by atoms with van der Waals surface area (Å²) in [5, 5.41) is 18.2. The molecule has 2 aromatic carbocycles. The van der Waals surface area contributed by atoms with Gasteiger partial charge in [0.25, 0.3) is 0 Å². The third-order valence-corrected chi connectivity index (χ3v) is 5.03. The SMILES string of the molecule is COc1ccc(-n2nnc(C(=O)Cc3ccc4c(c3)B(O)OC4C)c2C)cc1. The Hall–Kier alpha value is -2.97. The lowest BCUT2D eigenvalue weighted by Gasteiger charge is -2.06. The Morgan fingerprint density at radius 1 is 1.29 bits per heavy atom. The fraction of sp³-hybridized carbons (Fsp3) is 0.250. The Bertz CT molecular complexity index is 1030. The summed E-state index contributed by atoms with van der Waals surface area (Å²) in [5.74, 6) is 0.619. The van der Waals surface area contributed by atoms with Gasteiger partial charge >= 0.3 is 7.12 Å². The summed E-state index contributed by atoms with van der Waals surface area (Å²) in [6.07, 6.45) is 0.0256. The summed E-state index contributed by atoms with van der Waals surface area (Å²) in [6, 6.07) is 13.0. The van der Waals surface area contributed by atoms with Gasteiger partial charge in [0.15, 0.2) is 11.5 Å². The van der Waals surface area contributed by atoms with Crippen LogP contribution in [-0.2, 0) is 11.1 Å². The van der Waals surface area contributed by atoms with Crippen LogP contribution in [0.1, 0.15) is 40.3 Å². The molecule has 0 fully saturated rings. The van der Waals surface area contributed by atoms with Gasteiger partial charge in [0.2, 0.25) is 0 Å². The van der Waals surface area contributed by atoms with E-state index >= 15 is 0 Å². The van der Waals surface area contributed by atoms with Gasteiger partial charge in [-0.05, 0) is 54.7 Å². The number of methoxy groups -OCH3 is 1. The highest BCUT2D eigenvalue weighted by atomic mass is 16.5. The molecule has 0 spiro atoms. The smallest absolute Gasteiger partial charge is 0.491 e. The quantitative estimate of drug-likeness (QED) is 0.539. The molecule has 7 nitrogen and oxygen atoms in total. The van der Waals surface area contributed by atoms with E-state index in [-0.39, 0.29) is 18.3 Å². The first kappa shape index (κ1) is 18.4. The molecule has 1 atom stereocenters. The number of benzene rings is 2.